The van der Waals surface area contributed by atoms with E-state index >= 15 is 0 Å². The Morgan fingerprint density at radius 3 is 2.48 bits per heavy atom. The summed E-state index contributed by atoms with van der Waals surface area (Å²) in [5.74, 6) is 1.99. The monoisotopic (exact) mass is 469 g/mol. The molecule has 2 aromatic carbocycles. The van der Waals surface area contributed by atoms with Crippen molar-refractivity contribution in [3.63, 3.8) is 0 Å². The van der Waals surface area contributed by atoms with Crippen molar-refractivity contribution in [3.05, 3.63) is 75.9 Å². The third kappa shape index (κ3) is 4.04. The molecular weight excluding hydrogens is 453 g/mol. The average molecular weight is 470 g/mol. The van der Waals surface area contributed by atoms with Gasteiger partial charge in [-0.25, -0.2) is 0 Å². The number of hydrogen-bond acceptors (Lipinski definition) is 4. The summed E-state index contributed by atoms with van der Waals surface area (Å²) in [7, 11) is 3.51. The average Bonchev–Trinajstić information content (AvgIpc) is 2.92. The fourth-order valence-corrected chi connectivity index (χ4v) is 3.61. The first-order valence-corrected chi connectivity index (χ1v) is 10.1. The molecule has 0 aliphatic carbocycles. The SMILES string of the molecule is Cn1c(=O)n(C)c2cc(Oc3cccc(OCc4ccc(Cl)nc4)c3)c([As])cc21. The van der Waals surface area contributed by atoms with Crippen molar-refractivity contribution in [2.45, 2.75) is 6.61 Å². The third-order valence-corrected chi connectivity index (χ3v) is 5.54. The third-order valence-electron chi connectivity index (χ3n) is 4.58. The van der Waals surface area contributed by atoms with Crippen molar-refractivity contribution in [2.24, 2.45) is 14.1 Å². The van der Waals surface area contributed by atoms with Crippen molar-refractivity contribution in [2.75, 3.05) is 0 Å². The molecule has 0 unspecified atom stereocenters. The fourth-order valence-electron chi connectivity index (χ4n) is 3.01. The molecule has 8 heteroatoms. The van der Waals surface area contributed by atoms with Crippen molar-refractivity contribution >= 4 is 43.8 Å². The number of aromatic nitrogens is 3. The van der Waals surface area contributed by atoms with E-state index in [-0.39, 0.29) is 5.69 Å². The van der Waals surface area contributed by atoms with E-state index in [1.807, 2.05) is 42.5 Å². The van der Waals surface area contributed by atoms with Crippen LogP contribution >= 0.6 is 11.6 Å². The standard InChI is InChI=1S/C21H17AsClN3O3/c1-25-17-9-16(22)19(10-18(17)26(2)21(25)27)29-15-5-3-4-14(8-15)28-12-13-6-7-20(23)24-11-13/h3-11H,12H2,1-2H3. The van der Waals surface area contributed by atoms with E-state index in [4.69, 9.17) is 21.1 Å². The van der Waals surface area contributed by atoms with Gasteiger partial charge < -0.3 is 0 Å². The molecule has 0 amide bonds. The van der Waals surface area contributed by atoms with Crippen LogP contribution in [0.25, 0.3) is 11.0 Å². The summed E-state index contributed by atoms with van der Waals surface area (Å²) in [4.78, 5) is 16.2. The second-order valence-corrected chi connectivity index (χ2v) is 7.96. The Labute approximate surface area is 181 Å². The first-order valence-electron chi connectivity index (χ1n) is 8.82. The van der Waals surface area contributed by atoms with Crippen molar-refractivity contribution in [1.82, 2.24) is 14.1 Å². The van der Waals surface area contributed by atoms with Crippen LogP contribution < -0.4 is 19.5 Å². The number of benzene rings is 2. The van der Waals surface area contributed by atoms with E-state index < -0.39 is 0 Å². The van der Waals surface area contributed by atoms with E-state index in [1.54, 1.807) is 35.5 Å². The summed E-state index contributed by atoms with van der Waals surface area (Å²) in [6, 6.07) is 14.8. The summed E-state index contributed by atoms with van der Waals surface area (Å²) in [5.41, 5.74) is 2.51. The van der Waals surface area contributed by atoms with Crippen molar-refractivity contribution in [3.8, 4) is 17.2 Å². The maximum atomic E-state index is 12.2. The summed E-state index contributed by atoms with van der Waals surface area (Å²) in [5, 5.41) is 0.450. The number of nitrogens with zero attached hydrogens (tertiary/aromatic N) is 3. The maximum absolute atomic E-state index is 12.2. The van der Waals surface area contributed by atoms with Gasteiger partial charge in [0, 0.05) is 0 Å². The Kier molecular flexibility index (Phi) is 5.39. The number of rotatable bonds is 5. The van der Waals surface area contributed by atoms with Gasteiger partial charge in [0.2, 0.25) is 0 Å². The van der Waals surface area contributed by atoms with E-state index in [2.05, 4.69) is 21.8 Å². The predicted octanol–water partition coefficient (Wildman–Crippen LogP) is 3.09. The second kappa shape index (κ2) is 7.97. The van der Waals surface area contributed by atoms with Crippen molar-refractivity contribution in [1.29, 1.82) is 0 Å². The molecule has 4 aromatic rings. The fraction of sp³-hybridized carbons (Fsp3) is 0.143. The summed E-state index contributed by atoms with van der Waals surface area (Å²) >= 11 is 8.29. The zero-order valence-electron chi connectivity index (χ0n) is 15.8. The molecule has 2 radical (unpaired) electrons. The van der Waals surface area contributed by atoms with E-state index in [0.717, 1.165) is 20.9 Å². The predicted molar refractivity (Wildman–Crippen MR) is 114 cm³/mol. The van der Waals surface area contributed by atoms with Gasteiger partial charge in [0.25, 0.3) is 0 Å². The van der Waals surface area contributed by atoms with E-state index in [9.17, 15) is 4.79 Å². The van der Waals surface area contributed by atoms with Gasteiger partial charge in [0.1, 0.15) is 0 Å². The molecule has 29 heavy (non-hydrogen) atoms. The molecule has 0 saturated heterocycles. The topological polar surface area (TPSA) is 58.3 Å². The van der Waals surface area contributed by atoms with Gasteiger partial charge in [-0.15, -0.1) is 0 Å². The number of pyridine rings is 1. The van der Waals surface area contributed by atoms with Gasteiger partial charge in [-0.2, -0.15) is 0 Å². The molecule has 0 spiro atoms. The molecule has 0 N–H and O–H groups in total. The molecule has 6 nitrogen and oxygen atoms in total. The minimum absolute atomic E-state index is 0.0730. The van der Waals surface area contributed by atoms with Crippen LogP contribution in [-0.4, -0.2) is 31.0 Å². The molecule has 0 aliphatic heterocycles. The Morgan fingerprint density at radius 2 is 1.76 bits per heavy atom. The summed E-state index contributed by atoms with van der Waals surface area (Å²) in [6.07, 6.45) is 1.68. The molecule has 4 rings (SSSR count). The van der Waals surface area contributed by atoms with Crippen LogP contribution in [0.4, 0.5) is 0 Å². The number of halogens is 1. The Morgan fingerprint density at radius 1 is 1.03 bits per heavy atom. The molecule has 0 fully saturated rings. The van der Waals surface area contributed by atoms with Crippen LogP contribution in [0.5, 0.6) is 17.2 Å². The second-order valence-electron chi connectivity index (χ2n) is 6.56. The first kappa shape index (κ1) is 19.6. The molecule has 2 heterocycles. The molecule has 0 atom stereocenters. The Hall–Kier alpha value is -2.69. The van der Waals surface area contributed by atoms with E-state index in [0.29, 0.717) is 29.0 Å². The summed E-state index contributed by atoms with van der Waals surface area (Å²) < 4.78 is 16.0. The zero-order chi connectivity index (χ0) is 20.5. The Balaban J connectivity index is 1.56. The van der Waals surface area contributed by atoms with Crippen molar-refractivity contribution < 1.29 is 9.47 Å². The van der Waals surface area contributed by atoms with Crippen LogP contribution in [0, 0.1) is 0 Å². The first-order chi connectivity index (χ1) is 13.9. The molecule has 146 valence electrons. The Bertz CT molecular complexity index is 1250. The molecular formula is C21H17AsClN3O3. The number of hydrogen-bond donors (Lipinski definition) is 0. The number of aryl methyl sites for hydroxylation is 2. The zero-order valence-corrected chi connectivity index (χ0v) is 18.4. The van der Waals surface area contributed by atoms with Crippen LogP contribution in [0.1, 0.15) is 5.56 Å². The van der Waals surface area contributed by atoms with Gasteiger partial charge in [0.15, 0.2) is 0 Å². The van der Waals surface area contributed by atoms with Crippen LogP contribution in [0.3, 0.4) is 0 Å². The molecule has 2 aromatic heterocycles. The molecule has 0 aliphatic rings. The quantitative estimate of drug-likeness (QED) is 0.333. The number of fused-ring (bicyclic) bond motifs is 1. The number of imidazole rings is 1. The van der Waals surface area contributed by atoms with Gasteiger partial charge in [-0.1, -0.05) is 11.6 Å². The van der Waals surface area contributed by atoms with Gasteiger partial charge in [-0.3, -0.25) is 0 Å². The molecule has 0 bridgehead atoms. The van der Waals surface area contributed by atoms with Gasteiger partial charge in [-0.05, 0) is 0 Å². The van der Waals surface area contributed by atoms with Gasteiger partial charge >= 0.3 is 170 Å². The van der Waals surface area contributed by atoms with Gasteiger partial charge in [0.05, 0.1) is 0 Å². The molecule has 0 saturated carbocycles. The van der Waals surface area contributed by atoms with Crippen LogP contribution in [0.15, 0.2) is 59.5 Å². The normalized spacial score (nSPS) is 11.0. The van der Waals surface area contributed by atoms with Crippen LogP contribution in [-0.2, 0) is 20.7 Å². The summed E-state index contributed by atoms with van der Waals surface area (Å²) in [6.45, 7) is 0.377. The van der Waals surface area contributed by atoms with Crippen LogP contribution in [0.2, 0.25) is 5.15 Å². The number of ether oxygens (including phenoxy) is 2. The minimum atomic E-state index is -0.0730. The van der Waals surface area contributed by atoms with E-state index in [1.165, 1.54) is 0 Å².